The molecule has 0 aromatic heterocycles. The lowest BCUT2D eigenvalue weighted by Crippen LogP contribution is -2.39. The normalized spacial score (nSPS) is 18.3. The van der Waals surface area contributed by atoms with Crippen LogP contribution in [-0.2, 0) is 30.8 Å². The monoisotopic (exact) mass is 484 g/mol. The molecule has 1 unspecified atom stereocenters. The van der Waals surface area contributed by atoms with Crippen LogP contribution in [0.1, 0.15) is 54.9 Å². The molecule has 1 fully saturated rings. The molecule has 34 heavy (non-hydrogen) atoms. The van der Waals surface area contributed by atoms with Gasteiger partial charge in [0.15, 0.2) is 6.61 Å². The number of amides is 2. The molecular weight excluding hydrogens is 456 g/mol. The van der Waals surface area contributed by atoms with Crippen LogP contribution >= 0.6 is 0 Å². The van der Waals surface area contributed by atoms with Gasteiger partial charge in [-0.15, -0.1) is 0 Å². The van der Waals surface area contributed by atoms with E-state index in [4.69, 9.17) is 4.74 Å². The predicted octanol–water partition coefficient (Wildman–Crippen LogP) is 3.21. The Balaban J connectivity index is 1.41. The van der Waals surface area contributed by atoms with E-state index in [2.05, 4.69) is 5.32 Å². The maximum Gasteiger partial charge on any atom is 0.338 e. The van der Waals surface area contributed by atoms with Crippen molar-refractivity contribution in [1.82, 2.24) is 5.32 Å². The van der Waals surface area contributed by atoms with Crippen molar-refractivity contribution in [3.8, 4) is 0 Å². The van der Waals surface area contributed by atoms with Crippen molar-refractivity contribution in [2.45, 2.75) is 56.4 Å². The lowest BCUT2D eigenvalue weighted by molar-refractivity contribution is -0.135. The van der Waals surface area contributed by atoms with Gasteiger partial charge in [-0.2, -0.15) is 0 Å². The number of para-hydroxylation sites is 1. The van der Waals surface area contributed by atoms with Gasteiger partial charge in [0.05, 0.1) is 16.1 Å². The summed E-state index contributed by atoms with van der Waals surface area (Å²) in [6.45, 7) is 1.22. The van der Waals surface area contributed by atoms with E-state index in [1.807, 2.05) is 19.1 Å². The number of ether oxygens (including phenoxy) is 1. The van der Waals surface area contributed by atoms with Crippen LogP contribution in [0.4, 0.5) is 5.69 Å². The first-order chi connectivity index (χ1) is 16.3. The van der Waals surface area contributed by atoms with Crippen molar-refractivity contribution >= 4 is 33.5 Å². The van der Waals surface area contributed by atoms with E-state index in [0.29, 0.717) is 12.1 Å². The number of esters is 1. The number of anilines is 1. The van der Waals surface area contributed by atoms with E-state index < -0.39 is 28.5 Å². The Kier molecular flexibility index (Phi) is 7.02. The smallest absolute Gasteiger partial charge is 0.338 e. The van der Waals surface area contributed by atoms with Crippen molar-refractivity contribution in [1.29, 1.82) is 0 Å². The first kappa shape index (κ1) is 23.9. The highest BCUT2D eigenvalue weighted by Gasteiger charge is 2.36. The van der Waals surface area contributed by atoms with E-state index in [0.717, 1.165) is 37.7 Å². The molecule has 2 amide bonds. The zero-order valence-corrected chi connectivity index (χ0v) is 19.8. The minimum absolute atomic E-state index is 0.00705. The van der Waals surface area contributed by atoms with Gasteiger partial charge in [0.1, 0.15) is 0 Å². The lowest BCUT2D eigenvalue weighted by atomic mass is 9.89. The van der Waals surface area contributed by atoms with E-state index >= 15 is 0 Å². The molecule has 9 heteroatoms. The van der Waals surface area contributed by atoms with Gasteiger partial charge in [0.25, 0.3) is 15.9 Å². The Morgan fingerprint density at radius 3 is 2.53 bits per heavy atom. The molecule has 4 rings (SSSR count). The van der Waals surface area contributed by atoms with Crippen molar-refractivity contribution in [3.63, 3.8) is 0 Å². The van der Waals surface area contributed by atoms with Gasteiger partial charge in [-0.05, 0) is 56.0 Å². The highest BCUT2D eigenvalue weighted by molar-refractivity contribution is 7.92. The average molecular weight is 485 g/mol. The summed E-state index contributed by atoms with van der Waals surface area (Å²) >= 11 is 0. The number of carbonyl (C=O) groups excluding carboxylic acids is 3. The van der Waals surface area contributed by atoms with Crippen LogP contribution in [0, 0.1) is 5.92 Å². The van der Waals surface area contributed by atoms with Gasteiger partial charge in [0, 0.05) is 12.0 Å². The number of nitrogens with one attached hydrogen (secondary N) is 1. The van der Waals surface area contributed by atoms with Crippen LogP contribution in [-0.4, -0.2) is 38.9 Å². The maximum atomic E-state index is 13.4. The molecule has 8 nitrogen and oxygen atoms in total. The molecule has 1 aliphatic carbocycles. The summed E-state index contributed by atoms with van der Waals surface area (Å²) in [5.74, 6) is -2.07. The number of imide groups is 1. The minimum Gasteiger partial charge on any atom is -0.452 e. The largest absolute Gasteiger partial charge is 0.452 e. The third-order valence-corrected chi connectivity index (χ3v) is 8.27. The Hall–Kier alpha value is -3.20. The van der Waals surface area contributed by atoms with Gasteiger partial charge < -0.3 is 4.74 Å². The Morgan fingerprint density at radius 2 is 1.76 bits per heavy atom. The second-order valence-electron chi connectivity index (χ2n) is 8.83. The van der Waals surface area contributed by atoms with Gasteiger partial charge in [-0.1, -0.05) is 43.5 Å². The molecule has 0 spiro atoms. The minimum atomic E-state index is -3.92. The fourth-order valence-corrected chi connectivity index (χ4v) is 6.39. The van der Waals surface area contributed by atoms with Gasteiger partial charge in [-0.3, -0.25) is 19.2 Å². The Morgan fingerprint density at radius 1 is 1.03 bits per heavy atom. The summed E-state index contributed by atoms with van der Waals surface area (Å²) in [4.78, 5) is 36.7. The molecule has 1 heterocycles. The van der Waals surface area contributed by atoms with Gasteiger partial charge >= 0.3 is 5.97 Å². The number of fused-ring (bicyclic) bond motifs is 1. The van der Waals surface area contributed by atoms with E-state index in [-0.39, 0.29) is 28.3 Å². The molecule has 0 bridgehead atoms. The zero-order chi connectivity index (χ0) is 24.3. The van der Waals surface area contributed by atoms with Crippen LogP contribution in [0.3, 0.4) is 0 Å². The number of sulfonamides is 1. The van der Waals surface area contributed by atoms with Crippen molar-refractivity contribution in [2.24, 2.45) is 5.92 Å². The van der Waals surface area contributed by atoms with Crippen LogP contribution in [0.5, 0.6) is 0 Å². The number of benzene rings is 2. The topological polar surface area (TPSA) is 110 Å². The maximum absolute atomic E-state index is 13.4. The summed E-state index contributed by atoms with van der Waals surface area (Å²) in [5.41, 5.74) is 1.58. The molecule has 1 saturated carbocycles. The molecule has 0 radical (unpaired) electrons. The summed E-state index contributed by atoms with van der Waals surface area (Å²) in [5, 5.41) is 2.29. The standard InChI is InChI=1S/C25H28N2O6S/c1-17-14-19-10-5-6-13-22(19)27(17)34(31,32)21-12-7-11-20(15-21)25(30)33-16-23(28)26-24(29)18-8-3-2-4-9-18/h5-7,10-13,15,17-18H,2-4,8-9,14,16H2,1H3,(H,26,28,29). The third-order valence-electron chi connectivity index (χ3n) is 6.34. The van der Waals surface area contributed by atoms with Crippen LogP contribution in [0.25, 0.3) is 0 Å². The summed E-state index contributed by atoms with van der Waals surface area (Å²) in [6.07, 6.45) is 5.12. The third kappa shape index (κ3) is 4.99. The number of nitrogens with zero attached hydrogens (tertiary/aromatic N) is 1. The first-order valence-corrected chi connectivity index (χ1v) is 12.9. The van der Waals surface area contributed by atoms with Gasteiger partial charge in [0.2, 0.25) is 5.91 Å². The molecule has 0 saturated heterocycles. The van der Waals surface area contributed by atoms with E-state index in [1.54, 1.807) is 12.1 Å². The fraction of sp³-hybridized carbons (Fsp3) is 0.400. The van der Waals surface area contributed by atoms with Crippen LogP contribution < -0.4 is 9.62 Å². The van der Waals surface area contributed by atoms with E-state index in [1.165, 1.54) is 28.6 Å². The summed E-state index contributed by atoms with van der Waals surface area (Å²) in [6, 6.07) is 12.6. The zero-order valence-electron chi connectivity index (χ0n) is 19.0. The quantitative estimate of drug-likeness (QED) is 0.631. The first-order valence-electron chi connectivity index (χ1n) is 11.5. The second-order valence-corrected chi connectivity index (χ2v) is 10.6. The van der Waals surface area contributed by atoms with Crippen molar-refractivity contribution in [2.75, 3.05) is 10.9 Å². The SMILES string of the molecule is CC1Cc2ccccc2N1S(=O)(=O)c1cccc(C(=O)OCC(=O)NC(=O)C2CCCCC2)c1. The highest BCUT2D eigenvalue weighted by Crippen LogP contribution is 2.36. The number of rotatable bonds is 6. The molecule has 1 aliphatic heterocycles. The molecule has 2 aromatic rings. The summed E-state index contributed by atoms with van der Waals surface area (Å²) in [7, 11) is -3.92. The average Bonchev–Trinajstić information content (AvgIpc) is 3.19. The summed E-state index contributed by atoms with van der Waals surface area (Å²) < 4.78 is 33.2. The predicted molar refractivity (Wildman–Crippen MR) is 126 cm³/mol. The molecule has 2 aliphatic rings. The van der Waals surface area contributed by atoms with Crippen LogP contribution in [0.2, 0.25) is 0 Å². The molecule has 1 N–H and O–H groups in total. The van der Waals surface area contributed by atoms with E-state index in [9.17, 15) is 22.8 Å². The number of hydrogen-bond donors (Lipinski definition) is 1. The molecular formula is C25H28N2O6S. The fourth-order valence-electron chi connectivity index (χ4n) is 4.66. The molecule has 2 aromatic carbocycles. The highest BCUT2D eigenvalue weighted by atomic mass is 32.2. The Labute approximate surface area is 199 Å². The number of carbonyl (C=O) groups is 3. The van der Waals surface area contributed by atoms with Crippen LogP contribution in [0.15, 0.2) is 53.4 Å². The van der Waals surface area contributed by atoms with Crippen molar-refractivity contribution in [3.05, 3.63) is 59.7 Å². The second kappa shape index (κ2) is 9.97. The number of hydrogen-bond acceptors (Lipinski definition) is 6. The van der Waals surface area contributed by atoms with Crippen molar-refractivity contribution < 1.29 is 27.5 Å². The Bertz CT molecular complexity index is 1200. The molecule has 180 valence electrons. The molecule has 1 atom stereocenters. The van der Waals surface area contributed by atoms with Gasteiger partial charge in [-0.25, -0.2) is 13.2 Å². The lowest BCUT2D eigenvalue weighted by Gasteiger charge is -2.24.